The molecule has 1 aliphatic rings. The molecule has 0 radical (unpaired) electrons. The summed E-state index contributed by atoms with van der Waals surface area (Å²) in [5.41, 5.74) is 1.16. The quantitative estimate of drug-likeness (QED) is 0.683. The standard InChI is InChI=1S/C18H24BrN5O3/c1-10(25)23-13-9-22-16-14(13)15(12(19)8-21-16)24(11-5-6-20-7-11)17(26)27-18(2,3)4/h8-9,11,20H,5-7H2,1-4H3,(H,21,22)(H,23,25)/t11-/m0/s1. The summed E-state index contributed by atoms with van der Waals surface area (Å²) in [4.78, 5) is 33.8. The third kappa shape index (κ3) is 4.24. The number of pyridine rings is 1. The number of aromatic nitrogens is 2. The lowest BCUT2D eigenvalue weighted by Crippen LogP contribution is -2.45. The van der Waals surface area contributed by atoms with Gasteiger partial charge in [-0.2, -0.15) is 0 Å². The third-order valence-electron chi connectivity index (χ3n) is 4.17. The Morgan fingerprint density at radius 1 is 1.41 bits per heavy atom. The van der Waals surface area contributed by atoms with E-state index in [-0.39, 0.29) is 11.9 Å². The van der Waals surface area contributed by atoms with Crippen LogP contribution in [0.3, 0.4) is 0 Å². The highest BCUT2D eigenvalue weighted by molar-refractivity contribution is 9.10. The Kier molecular flexibility index (Phi) is 5.43. The minimum Gasteiger partial charge on any atom is -0.443 e. The molecule has 1 saturated heterocycles. The van der Waals surface area contributed by atoms with Crippen LogP contribution >= 0.6 is 15.9 Å². The normalized spacial score (nSPS) is 17.1. The summed E-state index contributed by atoms with van der Waals surface area (Å²) in [6.07, 6.45) is 3.69. The van der Waals surface area contributed by atoms with E-state index in [9.17, 15) is 9.59 Å². The van der Waals surface area contributed by atoms with E-state index >= 15 is 0 Å². The summed E-state index contributed by atoms with van der Waals surface area (Å²) in [6.45, 7) is 8.44. The first-order chi connectivity index (χ1) is 12.7. The van der Waals surface area contributed by atoms with Gasteiger partial charge in [0.05, 0.1) is 27.3 Å². The number of hydrogen-bond acceptors (Lipinski definition) is 5. The Balaban J connectivity index is 2.17. The molecule has 3 heterocycles. The lowest BCUT2D eigenvalue weighted by molar-refractivity contribution is -0.114. The SMILES string of the molecule is CC(=O)Nc1c[nH]c2ncc(Br)c(N(C(=O)OC(C)(C)C)[C@H]3CCNC3)c12. The van der Waals surface area contributed by atoms with E-state index < -0.39 is 11.7 Å². The van der Waals surface area contributed by atoms with Crippen LogP contribution < -0.4 is 15.5 Å². The maximum atomic E-state index is 13.1. The molecule has 3 rings (SSSR count). The van der Waals surface area contributed by atoms with Crippen molar-refractivity contribution >= 4 is 50.3 Å². The molecule has 0 spiro atoms. The number of rotatable bonds is 3. The number of fused-ring (bicyclic) bond motifs is 1. The topological polar surface area (TPSA) is 99.4 Å². The van der Waals surface area contributed by atoms with Gasteiger partial charge in [-0.3, -0.25) is 9.69 Å². The first kappa shape index (κ1) is 19.6. The van der Waals surface area contributed by atoms with Gasteiger partial charge in [0, 0.05) is 25.9 Å². The van der Waals surface area contributed by atoms with Gasteiger partial charge in [0.1, 0.15) is 11.2 Å². The van der Waals surface area contributed by atoms with Gasteiger partial charge in [-0.15, -0.1) is 0 Å². The molecule has 146 valence electrons. The zero-order valence-electron chi connectivity index (χ0n) is 15.9. The number of aromatic amines is 1. The van der Waals surface area contributed by atoms with Crippen LogP contribution in [0, 0.1) is 0 Å². The molecule has 1 aliphatic heterocycles. The van der Waals surface area contributed by atoms with E-state index in [1.54, 1.807) is 17.3 Å². The molecule has 0 saturated carbocycles. The number of nitrogens with zero attached hydrogens (tertiary/aromatic N) is 2. The fraction of sp³-hybridized carbons (Fsp3) is 0.500. The number of nitrogens with one attached hydrogen (secondary N) is 3. The molecular weight excluding hydrogens is 414 g/mol. The number of amides is 2. The Morgan fingerprint density at radius 2 is 2.15 bits per heavy atom. The average Bonchev–Trinajstić information content (AvgIpc) is 3.18. The molecule has 8 nitrogen and oxygen atoms in total. The second kappa shape index (κ2) is 7.47. The Hall–Kier alpha value is -2.13. The van der Waals surface area contributed by atoms with E-state index in [0.717, 1.165) is 13.0 Å². The van der Waals surface area contributed by atoms with Gasteiger partial charge in [-0.05, 0) is 49.7 Å². The van der Waals surface area contributed by atoms with Crippen LogP contribution in [0.2, 0.25) is 0 Å². The number of ether oxygens (including phenoxy) is 1. The summed E-state index contributed by atoms with van der Waals surface area (Å²) in [5, 5.41) is 6.76. The summed E-state index contributed by atoms with van der Waals surface area (Å²) >= 11 is 3.54. The molecule has 9 heteroatoms. The maximum Gasteiger partial charge on any atom is 0.415 e. The summed E-state index contributed by atoms with van der Waals surface area (Å²) in [5.74, 6) is -0.201. The van der Waals surface area contributed by atoms with Crippen molar-refractivity contribution < 1.29 is 14.3 Å². The van der Waals surface area contributed by atoms with Crippen molar-refractivity contribution in [2.24, 2.45) is 0 Å². The first-order valence-corrected chi connectivity index (χ1v) is 9.63. The van der Waals surface area contributed by atoms with Crippen molar-refractivity contribution in [1.82, 2.24) is 15.3 Å². The van der Waals surface area contributed by atoms with Gasteiger partial charge < -0.3 is 20.4 Å². The molecule has 1 atom stereocenters. The minimum atomic E-state index is -0.626. The van der Waals surface area contributed by atoms with Crippen LogP contribution in [0.4, 0.5) is 16.2 Å². The molecule has 0 bridgehead atoms. The molecule has 1 fully saturated rings. The Labute approximate surface area is 166 Å². The molecule has 0 aliphatic carbocycles. The largest absolute Gasteiger partial charge is 0.443 e. The zero-order valence-corrected chi connectivity index (χ0v) is 17.4. The fourth-order valence-electron chi connectivity index (χ4n) is 3.17. The maximum absolute atomic E-state index is 13.1. The van der Waals surface area contributed by atoms with E-state index in [1.165, 1.54) is 6.92 Å². The second-order valence-electron chi connectivity index (χ2n) is 7.56. The van der Waals surface area contributed by atoms with Crippen LogP contribution in [-0.2, 0) is 9.53 Å². The number of halogens is 1. The van der Waals surface area contributed by atoms with E-state index in [4.69, 9.17) is 4.74 Å². The van der Waals surface area contributed by atoms with Gasteiger partial charge >= 0.3 is 6.09 Å². The van der Waals surface area contributed by atoms with Crippen LogP contribution in [0.15, 0.2) is 16.9 Å². The average molecular weight is 438 g/mol. The minimum absolute atomic E-state index is 0.0678. The lowest BCUT2D eigenvalue weighted by Gasteiger charge is -2.32. The number of hydrogen-bond donors (Lipinski definition) is 3. The van der Waals surface area contributed by atoms with Crippen LogP contribution in [0.5, 0.6) is 0 Å². The smallest absolute Gasteiger partial charge is 0.415 e. The van der Waals surface area contributed by atoms with Gasteiger partial charge in [0.15, 0.2) is 0 Å². The molecule has 0 aromatic carbocycles. The van der Waals surface area contributed by atoms with Gasteiger partial charge in [-0.25, -0.2) is 9.78 Å². The van der Waals surface area contributed by atoms with Crippen molar-refractivity contribution in [1.29, 1.82) is 0 Å². The van der Waals surface area contributed by atoms with Crippen LogP contribution in [0.25, 0.3) is 11.0 Å². The van der Waals surface area contributed by atoms with E-state index in [0.29, 0.717) is 33.4 Å². The van der Waals surface area contributed by atoms with E-state index in [1.807, 2.05) is 20.8 Å². The predicted molar refractivity (Wildman–Crippen MR) is 108 cm³/mol. The molecule has 2 aromatic rings. The molecule has 0 unspecified atom stereocenters. The van der Waals surface area contributed by atoms with Crippen LogP contribution in [0.1, 0.15) is 34.1 Å². The van der Waals surface area contributed by atoms with Crippen molar-refractivity contribution in [3.05, 3.63) is 16.9 Å². The summed E-state index contributed by atoms with van der Waals surface area (Å²) < 4.78 is 6.34. The highest BCUT2D eigenvalue weighted by atomic mass is 79.9. The van der Waals surface area contributed by atoms with Crippen molar-refractivity contribution in [2.75, 3.05) is 23.3 Å². The number of H-pyrrole nitrogens is 1. The van der Waals surface area contributed by atoms with Gasteiger partial charge in [0.25, 0.3) is 0 Å². The predicted octanol–water partition coefficient (Wildman–Crippen LogP) is 3.39. The van der Waals surface area contributed by atoms with Gasteiger partial charge in [0.2, 0.25) is 5.91 Å². The molecule has 2 amide bonds. The summed E-state index contributed by atoms with van der Waals surface area (Å²) in [6, 6.07) is -0.0678. The van der Waals surface area contributed by atoms with E-state index in [2.05, 4.69) is 36.5 Å². The number of carbonyl (C=O) groups is 2. The Bertz CT molecular complexity index is 868. The van der Waals surface area contributed by atoms with Crippen molar-refractivity contribution in [3.63, 3.8) is 0 Å². The summed E-state index contributed by atoms with van der Waals surface area (Å²) in [7, 11) is 0. The number of carbonyl (C=O) groups excluding carboxylic acids is 2. The second-order valence-corrected chi connectivity index (χ2v) is 8.41. The van der Waals surface area contributed by atoms with Crippen LogP contribution in [-0.4, -0.2) is 46.7 Å². The number of anilines is 2. The lowest BCUT2D eigenvalue weighted by atomic mass is 10.1. The molecule has 27 heavy (non-hydrogen) atoms. The Morgan fingerprint density at radius 3 is 2.74 bits per heavy atom. The highest BCUT2D eigenvalue weighted by Crippen LogP contribution is 2.40. The zero-order chi connectivity index (χ0) is 19.8. The van der Waals surface area contributed by atoms with Crippen molar-refractivity contribution in [2.45, 2.75) is 45.8 Å². The molecule has 2 aromatic heterocycles. The third-order valence-corrected chi connectivity index (χ3v) is 4.75. The monoisotopic (exact) mass is 437 g/mol. The molecule has 3 N–H and O–H groups in total. The molecular formula is C18H24BrN5O3. The van der Waals surface area contributed by atoms with Gasteiger partial charge in [-0.1, -0.05) is 0 Å². The highest BCUT2D eigenvalue weighted by Gasteiger charge is 2.35. The first-order valence-electron chi connectivity index (χ1n) is 8.83. The van der Waals surface area contributed by atoms with Crippen molar-refractivity contribution in [3.8, 4) is 0 Å². The fourth-order valence-corrected chi connectivity index (χ4v) is 3.66.